The van der Waals surface area contributed by atoms with Crippen LogP contribution < -0.4 is 5.01 Å². The standard InChI is InChI=1S/C19H18N2O4/c1-12(2)25-19(23)14-6-8-15(9-7-14)21-18(22)17(13(3)20-21)11-16-5-4-10-24-16/h4-12H,1-3H3/b17-11-. The molecule has 128 valence electrons. The predicted octanol–water partition coefficient (Wildman–Crippen LogP) is 3.65. The van der Waals surface area contributed by atoms with Crippen molar-refractivity contribution in [2.75, 3.05) is 5.01 Å². The average Bonchev–Trinajstić information content (AvgIpc) is 3.18. The highest BCUT2D eigenvalue weighted by atomic mass is 16.5. The molecule has 1 aromatic carbocycles. The topological polar surface area (TPSA) is 72.1 Å². The van der Waals surface area contributed by atoms with Gasteiger partial charge in [-0.05, 0) is 63.2 Å². The molecule has 0 aliphatic carbocycles. The minimum atomic E-state index is -0.396. The number of anilines is 1. The lowest BCUT2D eigenvalue weighted by atomic mass is 10.1. The Morgan fingerprint density at radius 1 is 1.24 bits per heavy atom. The van der Waals surface area contributed by atoms with Gasteiger partial charge < -0.3 is 9.15 Å². The molecule has 0 bridgehead atoms. The van der Waals surface area contributed by atoms with Gasteiger partial charge in [-0.25, -0.2) is 4.79 Å². The van der Waals surface area contributed by atoms with E-state index in [1.807, 2.05) is 0 Å². The molecule has 6 heteroatoms. The van der Waals surface area contributed by atoms with Gasteiger partial charge in [-0.3, -0.25) is 4.79 Å². The molecule has 6 nitrogen and oxygen atoms in total. The Bertz CT molecular complexity index is 846. The van der Waals surface area contributed by atoms with Crippen molar-refractivity contribution in [2.45, 2.75) is 26.9 Å². The third-order valence-corrected chi connectivity index (χ3v) is 3.58. The van der Waals surface area contributed by atoms with Crippen molar-refractivity contribution in [3.05, 3.63) is 59.6 Å². The van der Waals surface area contributed by atoms with Gasteiger partial charge in [0.1, 0.15) is 5.76 Å². The first-order chi connectivity index (χ1) is 12.0. The number of hydrogen-bond acceptors (Lipinski definition) is 5. The molecule has 0 radical (unpaired) electrons. The lowest BCUT2D eigenvalue weighted by Gasteiger charge is -2.13. The van der Waals surface area contributed by atoms with Crippen LogP contribution in [0.4, 0.5) is 5.69 Å². The predicted molar refractivity (Wildman–Crippen MR) is 94.3 cm³/mol. The minimum absolute atomic E-state index is 0.186. The molecular formula is C19H18N2O4. The van der Waals surface area contributed by atoms with E-state index in [1.54, 1.807) is 69.5 Å². The maximum absolute atomic E-state index is 12.6. The maximum Gasteiger partial charge on any atom is 0.338 e. The molecule has 0 fully saturated rings. The van der Waals surface area contributed by atoms with Crippen LogP contribution in [0.2, 0.25) is 0 Å². The highest BCUT2D eigenvalue weighted by Gasteiger charge is 2.29. The van der Waals surface area contributed by atoms with E-state index in [-0.39, 0.29) is 12.0 Å². The molecular weight excluding hydrogens is 320 g/mol. The summed E-state index contributed by atoms with van der Waals surface area (Å²) in [6.45, 7) is 5.35. The minimum Gasteiger partial charge on any atom is -0.465 e. The Balaban J connectivity index is 1.81. The second-order valence-electron chi connectivity index (χ2n) is 5.88. The van der Waals surface area contributed by atoms with Crippen LogP contribution in [0.15, 0.2) is 57.8 Å². The number of ether oxygens (including phenoxy) is 1. The molecule has 0 N–H and O–H groups in total. The van der Waals surface area contributed by atoms with E-state index in [4.69, 9.17) is 9.15 Å². The average molecular weight is 338 g/mol. The summed E-state index contributed by atoms with van der Waals surface area (Å²) in [5.41, 5.74) is 2.08. The molecule has 1 aromatic heterocycles. The van der Waals surface area contributed by atoms with Gasteiger partial charge in [-0.2, -0.15) is 10.1 Å². The van der Waals surface area contributed by atoms with Crippen molar-refractivity contribution in [1.29, 1.82) is 0 Å². The molecule has 1 aliphatic rings. The van der Waals surface area contributed by atoms with Gasteiger partial charge >= 0.3 is 5.97 Å². The first-order valence-corrected chi connectivity index (χ1v) is 7.92. The smallest absolute Gasteiger partial charge is 0.338 e. The summed E-state index contributed by atoms with van der Waals surface area (Å²) in [6, 6.07) is 10.1. The number of hydrogen-bond donors (Lipinski definition) is 0. The number of rotatable bonds is 4. The van der Waals surface area contributed by atoms with Gasteiger partial charge in [0, 0.05) is 0 Å². The zero-order valence-corrected chi connectivity index (χ0v) is 14.2. The van der Waals surface area contributed by atoms with Crippen LogP contribution in [0.1, 0.15) is 36.9 Å². The highest BCUT2D eigenvalue weighted by Crippen LogP contribution is 2.25. The third kappa shape index (κ3) is 3.52. The molecule has 0 saturated heterocycles. The van der Waals surface area contributed by atoms with E-state index in [0.29, 0.717) is 28.3 Å². The van der Waals surface area contributed by atoms with Crippen LogP contribution in [-0.4, -0.2) is 23.7 Å². The summed E-state index contributed by atoms with van der Waals surface area (Å²) in [4.78, 5) is 24.5. The van der Waals surface area contributed by atoms with Gasteiger partial charge in [-0.1, -0.05) is 0 Å². The number of carbonyl (C=O) groups excluding carboxylic acids is 2. The normalized spacial score (nSPS) is 15.8. The molecule has 25 heavy (non-hydrogen) atoms. The fourth-order valence-electron chi connectivity index (χ4n) is 2.40. The van der Waals surface area contributed by atoms with Crippen LogP contribution in [0.25, 0.3) is 6.08 Å². The number of esters is 1. The van der Waals surface area contributed by atoms with Gasteiger partial charge in [0.25, 0.3) is 5.91 Å². The Morgan fingerprint density at radius 2 is 1.96 bits per heavy atom. The number of benzene rings is 1. The summed E-state index contributed by atoms with van der Waals surface area (Å²) in [7, 11) is 0. The van der Waals surface area contributed by atoms with Crippen molar-refractivity contribution < 1.29 is 18.7 Å². The molecule has 0 spiro atoms. The largest absolute Gasteiger partial charge is 0.465 e. The number of hydrazone groups is 1. The molecule has 2 heterocycles. The second kappa shape index (κ2) is 6.76. The van der Waals surface area contributed by atoms with Gasteiger partial charge in [0.2, 0.25) is 0 Å². The molecule has 0 unspecified atom stereocenters. The Hall–Kier alpha value is -3.15. The van der Waals surface area contributed by atoms with E-state index < -0.39 is 5.97 Å². The van der Waals surface area contributed by atoms with Gasteiger partial charge in [0.15, 0.2) is 0 Å². The summed E-state index contributed by atoms with van der Waals surface area (Å²) in [6.07, 6.45) is 3.02. The molecule has 1 aliphatic heterocycles. The van der Waals surface area contributed by atoms with Crippen LogP contribution >= 0.6 is 0 Å². The number of carbonyl (C=O) groups is 2. The van der Waals surface area contributed by atoms with E-state index in [2.05, 4.69) is 5.10 Å². The first kappa shape index (κ1) is 16.7. The molecule has 0 saturated carbocycles. The summed E-state index contributed by atoms with van der Waals surface area (Å²) in [5, 5.41) is 5.61. The first-order valence-electron chi connectivity index (χ1n) is 7.92. The monoisotopic (exact) mass is 338 g/mol. The van der Waals surface area contributed by atoms with Crippen molar-refractivity contribution in [1.82, 2.24) is 0 Å². The Kier molecular flexibility index (Phi) is 4.52. The van der Waals surface area contributed by atoms with E-state index >= 15 is 0 Å². The quantitative estimate of drug-likeness (QED) is 0.630. The van der Waals surface area contributed by atoms with Crippen molar-refractivity contribution in [3.8, 4) is 0 Å². The SMILES string of the molecule is CC1=NN(c2ccc(C(=O)OC(C)C)cc2)C(=O)/C1=C\c1ccco1. The lowest BCUT2D eigenvalue weighted by molar-refractivity contribution is -0.114. The third-order valence-electron chi connectivity index (χ3n) is 3.58. The summed E-state index contributed by atoms with van der Waals surface area (Å²) < 4.78 is 10.4. The molecule has 2 aromatic rings. The number of nitrogens with zero attached hydrogens (tertiary/aromatic N) is 2. The van der Waals surface area contributed by atoms with Crippen LogP contribution in [-0.2, 0) is 9.53 Å². The maximum atomic E-state index is 12.6. The second-order valence-corrected chi connectivity index (χ2v) is 5.88. The number of furan rings is 1. The van der Waals surface area contributed by atoms with E-state index in [1.165, 1.54) is 5.01 Å². The summed E-state index contributed by atoms with van der Waals surface area (Å²) >= 11 is 0. The van der Waals surface area contributed by atoms with Crippen molar-refractivity contribution in [2.24, 2.45) is 5.10 Å². The van der Waals surface area contributed by atoms with Crippen LogP contribution in [0, 0.1) is 0 Å². The van der Waals surface area contributed by atoms with Crippen molar-refractivity contribution in [3.63, 3.8) is 0 Å². The highest BCUT2D eigenvalue weighted by molar-refractivity contribution is 6.32. The van der Waals surface area contributed by atoms with Crippen molar-refractivity contribution >= 4 is 29.4 Å². The van der Waals surface area contributed by atoms with Crippen LogP contribution in [0.3, 0.4) is 0 Å². The van der Waals surface area contributed by atoms with E-state index in [9.17, 15) is 9.59 Å². The Labute approximate surface area is 145 Å². The number of amides is 1. The Morgan fingerprint density at radius 3 is 2.56 bits per heavy atom. The molecule has 3 rings (SSSR count). The fourth-order valence-corrected chi connectivity index (χ4v) is 2.40. The summed E-state index contributed by atoms with van der Waals surface area (Å²) in [5.74, 6) is -0.0506. The van der Waals surface area contributed by atoms with Gasteiger partial charge in [-0.15, -0.1) is 0 Å². The zero-order chi connectivity index (χ0) is 18.0. The molecule has 1 amide bonds. The van der Waals surface area contributed by atoms with Crippen LogP contribution in [0.5, 0.6) is 0 Å². The van der Waals surface area contributed by atoms with Gasteiger partial charge in [0.05, 0.1) is 34.9 Å². The van der Waals surface area contributed by atoms with E-state index in [0.717, 1.165) is 0 Å². The molecule has 0 atom stereocenters. The zero-order valence-electron chi connectivity index (χ0n) is 14.2. The lowest BCUT2D eigenvalue weighted by Crippen LogP contribution is -2.21. The fraction of sp³-hybridized carbons (Fsp3) is 0.211.